The molecule has 1 heterocycles. The van der Waals surface area contributed by atoms with E-state index in [1.807, 2.05) is 30.3 Å². The summed E-state index contributed by atoms with van der Waals surface area (Å²) in [6, 6.07) is 11.2. The monoisotopic (exact) mass is 548 g/mol. The molecule has 1 aliphatic carbocycles. The van der Waals surface area contributed by atoms with Gasteiger partial charge in [0.2, 0.25) is 0 Å². The first-order chi connectivity index (χ1) is 18.3. The lowest BCUT2D eigenvalue weighted by Gasteiger charge is -2.45. The number of halogens is 1. The van der Waals surface area contributed by atoms with Crippen LogP contribution in [0.5, 0.6) is 11.5 Å². The number of hydrogen-bond donors (Lipinski definition) is 3. The molecule has 0 radical (unpaired) electrons. The number of methoxy groups -OCH3 is 3. The molecule has 38 heavy (non-hydrogen) atoms. The molecule has 210 valence electrons. The van der Waals surface area contributed by atoms with Gasteiger partial charge in [-0.2, -0.15) is 0 Å². The summed E-state index contributed by atoms with van der Waals surface area (Å²) in [6.45, 7) is 2.35. The molecule has 1 saturated carbocycles. The van der Waals surface area contributed by atoms with Crippen LogP contribution in [-0.2, 0) is 15.1 Å². The van der Waals surface area contributed by atoms with Gasteiger partial charge in [0.1, 0.15) is 23.2 Å². The Hall–Kier alpha value is -1.91. The number of nitrogens with zero attached hydrogens (tertiary/aromatic N) is 1. The molecule has 2 aliphatic rings. The van der Waals surface area contributed by atoms with E-state index in [2.05, 4.69) is 4.90 Å². The van der Waals surface area contributed by atoms with Crippen LogP contribution in [0.15, 0.2) is 36.4 Å². The van der Waals surface area contributed by atoms with E-state index in [1.54, 1.807) is 27.4 Å². The van der Waals surface area contributed by atoms with Gasteiger partial charge >= 0.3 is 0 Å². The number of ether oxygens (including phenoxy) is 4. The summed E-state index contributed by atoms with van der Waals surface area (Å²) in [5, 5.41) is 23.4. The van der Waals surface area contributed by atoms with Crippen molar-refractivity contribution < 1.29 is 29.2 Å². The van der Waals surface area contributed by atoms with Gasteiger partial charge in [-0.1, -0.05) is 23.7 Å². The minimum atomic E-state index is -1.33. The van der Waals surface area contributed by atoms with E-state index in [1.165, 1.54) is 0 Å². The smallest absolute Gasteiger partial charge is 0.123 e. The minimum absolute atomic E-state index is 0.158. The number of morpholine rings is 1. The summed E-state index contributed by atoms with van der Waals surface area (Å²) in [5.41, 5.74) is 7.00. The molecular weight excluding hydrogens is 508 g/mol. The Balaban J connectivity index is 1.75. The Bertz CT molecular complexity index is 1040. The fraction of sp³-hybridized carbons (Fsp3) is 0.586. The molecule has 0 spiro atoms. The average molecular weight is 549 g/mol. The second kappa shape index (κ2) is 13.0. The summed E-state index contributed by atoms with van der Waals surface area (Å²) in [6.07, 6.45) is 2.37. The molecule has 1 aliphatic heterocycles. The zero-order chi connectivity index (χ0) is 27.3. The Morgan fingerprint density at radius 2 is 1.84 bits per heavy atom. The Kier molecular flexibility index (Phi) is 9.92. The number of hydrogen-bond acceptors (Lipinski definition) is 8. The normalized spacial score (nSPS) is 25.8. The highest BCUT2D eigenvalue weighted by molar-refractivity contribution is 6.33. The highest BCUT2D eigenvalue weighted by atomic mass is 35.5. The Morgan fingerprint density at radius 3 is 2.47 bits per heavy atom. The number of benzene rings is 2. The average Bonchev–Trinajstić information content (AvgIpc) is 3.28. The largest absolute Gasteiger partial charge is 0.497 e. The first-order valence-electron chi connectivity index (χ1n) is 13.3. The van der Waals surface area contributed by atoms with Crippen LogP contribution < -0.4 is 15.2 Å². The van der Waals surface area contributed by atoms with Gasteiger partial charge in [0.25, 0.3) is 0 Å². The van der Waals surface area contributed by atoms with Crippen molar-refractivity contribution in [2.75, 3.05) is 47.6 Å². The number of aliphatic hydroxyl groups excluding tert-OH is 1. The summed E-state index contributed by atoms with van der Waals surface area (Å²) in [5.74, 6) is 1.26. The second-order valence-corrected chi connectivity index (χ2v) is 10.8. The van der Waals surface area contributed by atoms with Crippen molar-refractivity contribution in [2.24, 2.45) is 5.73 Å². The molecule has 2 aromatic carbocycles. The predicted molar refractivity (Wildman–Crippen MR) is 148 cm³/mol. The number of unbranched alkanes of at least 4 members (excludes halogenated alkanes) is 1. The van der Waals surface area contributed by atoms with Crippen molar-refractivity contribution in [2.45, 2.75) is 62.0 Å². The molecule has 1 saturated heterocycles. The van der Waals surface area contributed by atoms with Gasteiger partial charge < -0.3 is 34.9 Å². The van der Waals surface area contributed by atoms with Crippen LogP contribution in [-0.4, -0.2) is 87.0 Å². The second-order valence-electron chi connectivity index (χ2n) is 10.3. The third-order valence-corrected chi connectivity index (χ3v) is 8.29. The standard InChI is InChI=1S/C29H41ClN2O6/c1-35-11-5-4-9-29(34,27-18-32(10-12-38-27)20-15-25(31)26(33)16-20)23-7-6-8-24(30)28(23)19-13-21(36-2)17-22(14-19)37-3/h6-8,13-14,17,20,25-27,33-34H,4-5,9-12,15-16,18,31H2,1-3H3/t20-,25+,26-,27+,29+/m0/s1. The van der Waals surface area contributed by atoms with Gasteiger partial charge in [0.05, 0.1) is 26.9 Å². The SMILES string of the molecule is COCCCC[C@@](O)(c1cccc(Cl)c1-c1cc(OC)cc(OC)c1)[C@H]1CN([C@H]2C[C@@H](N)[C@@H](O)C2)CCO1. The third kappa shape index (κ3) is 6.28. The van der Waals surface area contributed by atoms with Crippen molar-refractivity contribution in [3.63, 3.8) is 0 Å². The quantitative estimate of drug-likeness (QED) is 0.366. The van der Waals surface area contributed by atoms with Crippen LogP contribution in [0, 0.1) is 0 Å². The molecule has 8 nitrogen and oxygen atoms in total. The van der Waals surface area contributed by atoms with Crippen molar-refractivity contribution >= 4 is 11.6 Å². The Morgan fingerprint density at radius 1 is 1.11 bits per heavy atom. The van der Waals surface area contributed by atoms with Crippen molar-refractivity contribution in [1.29, 1.82) is 0 Å². The predicted octanol–water partition coefficient (Wildman–Crippen LogP) is 3.58. The van der Waals surface area contributed by atoms with Crippen molar-refractivity contribution in [3.05, 3.63) is 47.0 Å². The van der Waals surface area contributed by atoms with Crippen LogP contribution in [0.2, 0.25) is 5.02 Å². The lowest BCUT2D eigenvalue weighted by Crippen LogP contribution is -2.55. The fourth-order valence-electron chi connectivity index (χ4n) is 5.85. The number of nitrogens with two attached hydrogens (primary N) is 1. The maximum Gasteiger partial charge on any atom is 0.123 e. The molecule has 9 heteroatoms. The van der Waals surface area contributed by atoms with E-state index in [4.69, 9.17) is 36.3 Å². The van der Waals surface area contributed by atoms with Crippen molar-refractivity contribution in [3.8, 4) is 22.6 Å². The van der Waals surface area contributed by atoms with Gasteiger partial charge in [-0.3, -0.25) is 4.90 Å². The van der Waals surface area contributed by atoms with E-state index in [0.29, 0.717) is 54.7 Å². The van der Waals surface area contributed by atoms with Gasteiger partial charge in [-0.05, 0) is 61.4 Å². The molecule has 4 N–H and O–H groups in total. The van der Waals surface area contributed by atoms with Gasteiger partial charge in [0, 0.05) is 55.5 Å². The molecule has 0 bridgehead atoms. The highest BCUT2D eigenvalue weighted by Gasteiger charge is 2.45. The number of rotatable bonds is 11. The van der Waals surface area contributed by atoms with E-state index in [-0.39, 0.29) is 12.1 Å². The van der Waals surface area contributed by atoms with E-state index in [9.17, 15) is 10.2 Å². The zero-order valence-corrected chi connectivity index (χ0v) is 23.3. The van der Waals surface area contributed by atoms with Gasteiger partial charge in [0.15, 0.2) is 0 Å². The molecular formula is C29H41ClN2O6. The molecule has 0 aromatic heterocycles. The zero-order valence-electron chi connectivity index (χ0n) is 22.6. The van der Waals surface area contributed by atoms with Gasteiger partial charge in [-0.15, -0.1) is 0 Å². The van der Waals surface area contributed by atoms with E-state index in [0.717, 1.165) is 36.9 Å². The number of aliphatic hydroxyl groups is 2. The third-order valence-electron chi connectivity index (χ3n) is 7.98. The summed E-state index contributed by atoms with van der Waals surface area (Å²) >= 11 is 6.84. The molecule has 2 aromatic rings. The van der Waals surface area contributed by atoms with Crippen LogP contribution >= 0.6 is 11.6 Å². The maximum absolute atomic E-state index is 12.6. The molecule has 5 atom stereocenters. The van der Waals surface area contributed by atoms with Crippen LogP contribution in [0.25, 0.3) is 11.1 Å². The molecule has 4 rings (SSSR count). The summed E-state index contributed by atoms with van der Waals surface area (Å²) < 4.78 is 22.6. The Labute approximate surface area is 230 Å². The van der Waals surface area contributed by atoms with Crippen LogP contribution in [0.1, 0.15) is 37.7 Å². The summed E-state index contributed by atoms with van der Waals surface area (Å²) in [4.78, 5) is 2.31. The first-order valence-corrected chi connectivity index (χ1v) is 13.7. The van der Waals surface area contributed by atoms with Crippen LogP contribution in [0.3, 0.4) is 0 Å². The maximum atomic E-state index is 12.6. The van der Waals surface area contributed by atoms with Crippen LogP contribution in [0.4, 0.5) is 0 Å². The highest BCUT2D eigenvalue weighted by Crippen LogP contribution is 2.44. The van der Waals surface area contributed by atoms with E-state index < -0.39 is 17.8 Å². The molecule has 0 unspecified atom stereocenters. The molecule has 2 fully saturated rings. The molecule has 0 amide bonds. The van der Waals surface area contributed by atoms with Gasteiger partial charge in [-0.25, -0.2) is 0 Å². The lowest BCUT2D eigenvalue weighted by molar-refractivity contribution is -0.158. The van der Waals surface area contributed by atoms with Crippen molar-refractivity contribution in [1.82, 2.24) is 4.90 Å². The first kappa shape index (κ1) is 29.1. The lowest BCUT2D eigenvalue weighted by atomic mass is 9.78. The topological polar surface area (TPSA) is 107 Å². The summed E-state index contributed by atoms with van der Waals surface area (Å²) in [7, 11) is 4.89. The van der Waals surface area contributed by atoms with E-state index >= 15 is 0 Å². The minimum Gasteiger partial charge on any atom is -0.497 e. The fourth-order valence-corrected chi connectivity index (χ4v) is 6.13.